The van der Waals surface area contributed by atoms with Crippen molar-refractivity contribution < 1.29 is 23.9 Å². The summed E-state index contributed by atoms with van der Waals surface area (Å²) in [6, 6.07) is 6.01. The molecule has 0 fully saturated rings. The van der Waals surface area contributed by atoms with Crippen molar-refractivity contribution in [1.29, 1.82) is 0 Å². The first-order valence-electron chi connectivity index (χ1n) is 7.50. The fourth-order valence-corrected chi connectivity index (χ4v) is 3.04. The molecule has 1 heterocycles. The zero-order chi connectivity index (χ0) is 18.6. The Morgan fingerprint density at radius 3 is 2.28 bits per heavy atom. The van der Waals surface area contributed by atoms with E-state index in [1.807, 2.05) is 0 Å². The third-order valence-corrected chi connectivity index (χ3v) is 4.74. The lowest BCUT2D eigenvalue weighted by atomic mass is 10.1. The van der Waals surface area contributed by atoms with E-state index in [1.54, 1.807) is 25.5 Å². The first kappa shape index (κ1) is 18.6. The van der Waals surface area contributed by atoms with Crippen LogP contribution in [0.4, 0.5) is 0 Å². The van der Waals surface area contributed by atoms with Crippen LogP contribution in [0, 0.1) is 6.92 Å². The number of rotatable bonds is 4. The van der Waals surface area contributed by atoms with E-state index < -0.39 is 17.8 Å². The Hall–Kier alpha value is -2.74. The van der Waals surface area contributed by atoms with Crippen molar-refractivity contribution in [3.63, 3.8) is 0 Å². The summed E-state index contributed by atoms with van der Waals surface area (Å²) in [5.41, 5.74) is 1.36. The Kier molecular flexibility index (Phi) is 5.87. The van der Waals surface area contributed by atoms with Gasteiger partial charge < -0.3 is 14.0 Å². The third kappa shape index (κ3) is 4.03. The average Bonchev–Trinajstić information content (AvgIpc) is 2.90. The van der Waals surface area contributed by atoms with E-state index in [0.717, 1.165) is 11.3 Å². The standard InChI is InChI=1S/C17H18N2O5S/c1-5-24-16(22)13-10(2)19(3)17(25-13)18-14(20)11-6-8-12(9-7-11)15(21)23-4/h6-9H,5H2,1-4H3. The van der Waals surface area contributed by atoms with Crippen LogP contribution in [0.2, 0.25) is 0 Å². The summed E-state index contributed by atoms with van der Waals surface area (Å²) in [6.07, 6.45) is 0. The van der Waals surface area contributed by atoms with Crippen molar-refractivity contribution in [2.24, 2.45) is 12.0 Å². The molecule has 8 heteroatoms. The van der Waals surface area contributed by atoms with Crippen molar-refractivity contribution in [3.05, 3.63) is 50.8 Å². The first-order chi connectivity index (χ1) is 11.9. The summed E-state index contributed by atoms with van der Waals surface area (Å²) >= 11 is 1.10. The van der Waals surface area contributed by atoms with Gasteiger partial charge in [-0.3, -0.25) is 4.79 Å². The van der Waals surface area contributed by atoms with Crippen molar-refractivity contribution >= 4 is 29.2 Å². The quantitative estimate of drug-likeness (QED) is 0.778. The number of ether oxygens (including phenoxy) is 2. The molecule has 0 N–H and O–H groups in total. The van der Waals surface area contributed by atoms with Gasteiger partial charge in [0.2, 0.25) is 0 Å². The molecule has 2 rings (SSSR count). The molecule has 2 aromatic rings. The number of benzene rings is 1. The first-order valence-corrected chi connectivity index (χ1v) is 8.31. The number of aromatic nitrogens is 1. The molecule has 0 spiro atoms. The van der Waals surface area contributed by atoms with Crippen LogP contribution in [-0.4, -0.2) is 36.1 Å². The van der Waals surface area contributed by atoms with Gasteiger partial charge in [0.15, 0.2) is 4.80 Å². The molecular weight excluding hydrogens is 344 g/mol. The molecule has 0 aliphatic carbocycles. The molecule has 7 nitrogen and oxygen atoms in total. The van der Waals surface area contributed by atoms with E-state index in [1.165, 1.54) is 31.4 Å². The molecule has 0 saturated carbocycles. The van der Waals surface area contributed by atoms with Crippen LogP contribution in [0.25, 0.3) is 0 Å². The molecular formula is C17H18N2O5S. The topological polar surface area (TPSA) is 87.0 Å². The van der Waals surface area contributed by atoms with Crippen LogP contribution in [0.15, 0.2) is 29.3 Å². The van der Waals surface area contributed by atoms with Crippen molar-refractivity contribution in [1.82, 2.24) is 4.57 Å². The fourth-order valence-electron chi connectivity index (χ4n) is 2.03. The molecule has 1 amide bonds. The summed E-state index contributed by atoms with van der Waals surface area (Å²) in [4.78, 5) is 40.5. The van der Waals surface area contributed by atoms with Crippen LogP contribution in [0.5, 0.6) is 0 Å². The van der Waals surface area contributed by atoms with Gasteiger partial charge in [-0.1, -0.05) is 11.3 Å². The third-order valence-electron chi connectivity index (χ3n) is 3.52. The van der Waals surface area contributed by atoms with Crippen LogP contribution >= 0.6 is 11.3 Å². The summed E-state index contributed by atoms with van der Waals surface area (Å²) < 4.78 is 11.3. The van der Waals surface area contributed by atoms with E-state index in [4.69, 9.17) is 4.74 Å². The Morgan fingerprint density at radius 1 is 1.12 bits per heavy atom. The Morgan fingerprint density at radius 2 is 1.72 bits per heavy atom. The van der Waals surface area contributed by atoms with Gasteiger partial charge in [-0.05, 0) is 38.1 Å². The molecule has 0 bridgehead atoms. The van der Waals surface area contributed by atoms with Crippen molar-refractivity contribution in [3.8, 4) is 0 Å². The van der Waals surface area contributed by atoms with Crippen molar-refractivity contribution in [2.75, 3.05) is 13.7 Å². The van der Waals surface area contributed by atoms with Crippen LogP contribution in [-0.2, 0) is 16.5 Å². The Labute approximate surface area is 148 Å². The minimum atomic E-state index is -0.477. The molecule has 1 aromatic carbocycles. The molecule has 25 heavy (non-hydrogen) atoms. The molecule has 0 aliphatic heterocycles. The molecule has 1 aromatic heterocycles. The number of nitrogens with zero attached hydrogens (tertiary/aromatic N) is 2. The smallest absolute Gasteiger partial charge is 0.350 e. The number of hydrogen-bond acceptors (Lipinski definition) is 6. The van der Waals surface area contributed by atoms with Gasteiger partial charge in [0.05, 0.1) is 19.3 Å². The number of thiazole rings is 1. The molecule has 0 saturated heterocycles. The predicted molar refractivity (Wildman–Crippen MR) is 91.7 cm³/mol. The summed E-state index contributed by atoms with van der Waals surface area (Å²) in [5.74, 6) is -1.38. The monoisotopic (exact) mass is 362 g/mol. The number of methoxy groups -OCH3 is 1. The zero-order valence-corrected chi connectivity index (χ0v) is 15.2. The van der Waals surface area contributed by atoms with Crippen LogP contribution < -0.4 is 4.80 Å². The molecule has 0 atom stereocenters. The number of carbonyl (C=O) groups excluding carboxylic acids is 3. The fraction of sp³-hybridized carbons (Fsp3) is 0.294. The average molecular weight is 362 g/mol. The summed E-state index contributed by atoms with van der Waals surface area (Å²) in [6.45, 7) is 3.77. The van der Waals surface area contributed by atoms with Crippen LogP contribution in [0.1, 0.15) is 43.0 Å². The highest BCUT2D eigenvalue weighted by molar-refractivity contribution is 7.11. The van der Waals surface area contributed by atoms with E-state index >= 15 is 0 Å². The second kappa shape index (κ2) is 7.89. The largest absolute Gasteiger partial charge is 0.465 e. The highest BCUT2D eigenvalue weighted by atomic mass is 32.1. The SMILES string of the molecule is CCOC(=O)c1sc(=NC(=O)c2ccc(C(=O)OC)cc2)n(C)c1C. The number of hydrogen-bond donors (Lipinski definition) is 0. The Balaban J connectivity index is 2.34. The van der Waals surface area contributed by atoms with Gasteiger partial charge >= 0.3 is 11.9 Å². The molecule has 132 valence electrons. The van der Waals surface area contributed by atoms with E-state index in [2.05, 4.69) is 9.73 Å². The number of esters is 2. The van der Waals surface area contributed by atoms with Gasteiger partial charge in [0.1, 0.15) is 4.88 Å². The van der Waals surface area contributed by atoms with E-state index in [9.17, 15) is 14.4 Å². The molecule has 0 radical (unpaired) electrons. The summed E-state index contributed by atoms with van der Waals surface area (Å²) in [5, 5.41) is 0. The maximum Gasteiger partial charge on any atom is 0.350 e. The Bertz CT molecular complexity index is 877. The lowest BCUT2D eigenvalue weighted by Gasteiger charge is -2.00. The van der Waals surface area contributed by atoms with Gasteiger partial charge in [0.25, 0.3) is 5.91 Å². The van der Waals surface area contributed by atoms with Gasteiger partial charge in [-0.2, -0.15) is 4.99 Å². The summed E-state index contributed by atoms with van der Waals surface area (Å²) in [7, 11) is 3.01. The van der Waals surface area contributed by atoms with Gasteiger partial charge in [-0.25, -0.2) is 9.59 Å². The second-order valence-corrected chi connectivity index (χ2v) is 6.04. The lowest BCUT2D eigenvalue weighted by molar-refractivity contribution is 0.0529. The predicted octanol–water partition coefficient (Wildman–Crippen LogP) is 2.10. The van der Waals surface area contributed by atoms with Gasteiger partial charge in [-0.15, -0.1) is 0 Å². The van der Waals surface area contributed by atoms with E-state index in [-0.39, 0.29) is 6.61 Å². The highest BCUT2D eigenvalue weighted by Gasteiger charge is 2.17. The lowest BCUT2D eigenvalue weighted by Crippen LogP contribution is -2.14. The molecule has 0 aliphatic rings. The highest BCUT2D eigenvalue weighted by Crippen LogP contribution is 2.13. The number of amides is 1. The maximum atomic E-state index is 12.3. The zero-order valence-electron chi connectivity index (χ0n) is 14.4. The maximum absolute atomic E-state index is 12.3. The van der Waals surface area contributed by atoms with E-state index in [0.29, 0.717) is 26.5 Å². The minimum Gasteiger partial charge on any atom is -0.465 e. The minimum absolute atomic E-state index is 0.276. The second-order valence-electron chi connectivity index (χ2n) is 5.06. The van der Waals surface area contributed by atoms with Crippen molar-refractivity contribution in [2.45, 2.75) is 13.8 Å². The van der Waals surface area contributed by atoms with Crippen LogP contribution in [0.3, 0.4) is 0 Å². The molecule has 0 unspecified atom stereocenters. The van der Waals surface area contributed by atoms with Gasteiger partial charge in [0, 0.05) is 18.3 Å². The normalized spacial score (nSPS) is 11.3. The number of carbonyl (C=O) groups is 3.